The Balaban J connectivity index is 2.86. The SMILES string of the molecule is CCOCCn1ccc(C(=O)C(C)(C)C)cc1=O. The lowest BCUT2D eigenvalue weighted by Crippen LogP contribution is -2.26. The van der Waals surface area contributed by atoms with Gasteiger partial charge in [0.15, 0.2) is 5.78 Å². The summed E-state index contributed by atoms with van der Waals surface area (Å²) in [5.41, 5.74) is -0.158. The summed E-state index contributed by atoms with van der Waals surface area (Å²) in [7, 11) is 0. The average molecular weight is 251 g/mol. The molecule has 0 N–H and O–H groups in total. The molecule has 18 heavy (non-hydrogen) atoms. The molecule has 4 nitrogen and oxygen atoms in total. The molecule has 0 unspecified atom stereocenters. The van der Waals surface area contributed by atoms with E-state index in [9.17, 15) is 9.59 Å². The highest BCUT2D eigenvalue weighted by Crippen LogP contribution is 2.19. The normalized spacial score (nSPS) is 11.6. The molecule has 1 aromatic rings. The van der Waals surface area contributed by atoms with Gasteiger partial charge in [-0.3, -0.25) is 9.59 Å². The van der Waals surface area contributed by atoms with Gasteiger partial charge in [0, 0.05) is 36.4 Å². The van der Waals surface area contributed by atoms with Gasteiger partial charge < -0.3 is 9.30 Å². The fraction of sp³-hybridized carbons (Fsp3) is 0.571. The van der Waals surface area contributed by atoms with Crippen molar-refractivity contribution in [2.24, 2.45) is 5.41 Å². The first-order valence-corrected chi connectivity index (χ1v) is 6.19. The van der Waals surface area contributed by atoms with Crippen molar-refractivity contribution in [2.45, 2.75) is 34.2 Å². The number of pyridine rings is 1. The third-order valence-electron chi connectivity index (χ3n) is 2.62. The van der Waals surface area contributed by atoms with Crippen molar-refractivity contribution >= 4 is 5.78 Å². The van der Waals surface area contributed by atoms with E-state index in [2.05, 4.69) is 0 Å². The lowest BCUT2D eigenvalue weighted by Gasteiger charge is -2.16. The van der Waals surface area contributed by atoms with E-state index in [1.807, 2.05) is 27.7 Å². The van der Waals surface area contributed by atoms with Crippen molar-refractivity contribution in [2.75, 3.05) is 13.2 Å². The molecule has 0 atom stereocenters. The molecule has 0 spiro atoms. The number of carbonyl (C=O) groups excluding carboxylic acids is 1. The molecule has 1 heterocycles. The molecule has 0 radical (unpaired) electrons. The van der Waals surface area contributed by atoms with Gasteiger partial charge in [0.1, 0.15) is 0 Å². The Hall–Kier alpha value is -1.42. The summed E-state index contributed by atoms with van der Waals surface area (Å²) >= 11 is 0. The summed E-state index contributed by atoms with van der Waals surface area (Å²) in [4.78, 5) is 23.8. The smallest absolute Gasteiger partial charge is 0.251 e. The second-order valence-corrected chi connectivity index (χ2v) is 5.22. The average Bonchev–Trinajstić information content (AvgIpc) is 2.29. The molecular formula is C14H21NO3. The summed E-state index contributed by atoms with van der Waals surface area (Å²) < 4.78 is 6.75. The van der Waals surface area contributed by atoms with Crippen LogP contribution < -0.4 is 5.56 Å². The lowest BCUT2D eigenvalue weighted by molar-refractivity contribution is 0.0858. The molecule has 0 aliphatic carbocycles. The van der Waals surface area contributed by atoms with Crippen LogP contribution in [0.2, 0.25) is 0 Å². The number of aromatic nitrogens is 1. The number of carbonyl (C=O) groups is 1. The Morgan fingerprint density at radius 3 is 2.56 bits per heavy atom. The Labute approximate surface area is 108 Å². The third-order valence-corrected chi connectivity index (χ3v) is 2.62. The molecule has 0 saturated heterocycles. The molecule has 0 aliphatic rings. The zero-order valence-corrected chi connectivity index (χ0v) is 11.5. The van der Waals surface area contributed by atoms with E-state index in [4.69, 9.17) is 4.74 Å². The van der Waals surface area contributed by atoms with Crippen LogP contribution in [0.1, 0.15) is 38.1 Å². The summed E-state index contributed by atoms with van der Waals surface area (Å²) in [5.74, 6) is -0.0171. The molecule has 0 aliphatic heterocycles. The minimum Gasteiger partial charge on any atom is -0.380 e. The first kappa shape index (κ1) is 14.6. The predicted molar refractivity (Wildman–Crippen MR) is 71.0 cm³/mol. The number of rotatable bonds is 5. The summed E-state index contributed by atoms with van der Waals surface area (Å²) in [6, 6.07) is 3.10. The van der Waals surface area contributed by atoms with Gasteiger partial charge in [-0.1, -0.05) is 20.8 Å². The summed E-state index contributed by atoms with van der Waals surface area (Å²) in [6.07, 6.45) is 1.65. The number of ether oxygens (including phenoxy) is 1. The van der Waals surface area contributed by atoms with Crippen LogP contribution in [0.4, 0.5) is 0 Å². The number of ketones is 1. The Bertz CT molecular complexity index is 469. The lowest BCUT2D eigenvalue weighted by atomic mass is 9.87. The van der Waals surface area contributed by atoms with E-state index in [-0.39, 0.29) is 11.3 Å². The van der Waals surface area contributed by atoms with Crippen molar-refractivity contribution in [3.8, 4) is 0 Å². The maximum absolute atomic E-state index is 12.0. The highest BCUT2D eigenvalue weighted by molar-refractivity contribution is 5.99. The minimum atomic E-state index is -0.468. The van der Waals surface area contributed by atoms with E-state index in [0.29, 0.717) is 25.3 Å². The first-order chi connectivity index (χ1) is 8.36. The first-order valence-electron chi connectivity index (χ1n) is 6.19. The van der Waals surface area contributed by atoms with Crippen LogP contribution in [0.5, 0.6) is 0 Å². The van der Waals surface area contributed by atoms with Crippen LogP contribution in [0.3, 0.4) is 0 Å². The molecule has 0 saturated carbocycles. The molecular weight excluding hydrogens is 230 g/mol. The minimum absolute atomic E-state index is 0.0171. The fourth-order valence-electron chi connectivity index (χ4n) is 1.57. The second kappa shape index (κ2) is 5.96. The molecule has 0 bridgehead atoms. The number of nitrogens with zero attached hydrogens (tertiary/aromatic N) is 1. The van der Waals surface area contributed by atoms with Gasteiger partial charge in [0.05, 0.1) is 6.61 Å². The Morgan fingerprint density at radius 2 is 2.06 bits per heavy atom. The van der Waals surface area contributed by atoms with Crippen LogP contribution >= 0.6 is 0 Å². The quantitative estimate of drug-likeness (QED) is 0.595. The van der Waals surface area contributed by atoms with Gasteiger partial charge in [-0.2, -0.15) is 0 Å². The monoisotopic (exact) mass is 251 g/mol. The van der Waals surface area contributed by atoms with Gasteiger partial charge >= 0.3 is 0 Å². The second-order valence-electron chi connectivity index (χ2n) is 5.22. The Kier molecular flexibility index (Phi) is 4.84. The van der Waals surface area contributed by atoms with Crippen molar-refractivity contribution in [1.29, 1.82) is 0 Å². The van der Waals surface area contributed by atoms with Crippen LogP contribution in [0.15, 0.2) is 23.1 Å². The molecule has 100 valence electrons. The molecule has 0 fully saturated rings. The van der Waals surface area contributed by atoms with Gasteiger partial charge in [-0.25, -0.2) is 0 Å². The zero-order chi connectivity index (χ0) is 13.8. The highest BCUT2D eigenvalue weighted by Gasteiger charge is 2.23. The largest absolute Gasteiger partial charge is 0.380 e. The predicted octanol–water partition coefficient (Wildman–Crippen LogP) is 2.11. The van der Waals surface area contributed by atoms with Crippen molar-refractivity contribution in [3.05, 3.63) is 34.2 Å². The van der Waals surface area contributed by atoms with E-state index in [1.54, 1.807) is 16.8 Å². The highest BCUT2D eigenvalue weighted by atomic mass is 16.5. The van der Waals surface area contributed by atoms with Crippen molar-refractivity contribution in [1.82, 2.24) is 4.57 Å². The van der Waals surface area contributed by atoms with Gasteiger partial charge in [-0.05, 0) is 13.0 Å². The maximum Gasteiger partial charge on any atom is 0.251 e. The van der Waals surface area contributed by atoms with E-state index in [1.165, 1.54) is 6.07 Å². The van der Waals surface area contributed by atoms with Crippen LogP contribution in [0.25, 0.3) is 0 Å². The van der Waals surface area contributed by atoms with Gasteiger partial charge in [-0.15, -0.1) is 0 Å². The number of Topliss-reactive ketones (excluding diaryl/α,β-unsaturated/α-hetero) is 1. The van der Waals surface area contributed by atoms with Gasteiger partial charge in [0.2, 0.25) is 0 Å². The standard InChI is InChI=1S/C14H21NO3/c1-5-18-9-8-15-7-6-11(10-12(15)16)13(17)14(2,3)4/h6-7,10H,5,8-9H2,1-4H3. The third kappa shape index (κ3) is 3.81. The van der Waals surface area contributed by atoms with Crippen molar-refractivity contribution in [3.63, 3.8) is 0 Å². The van der Waals surface area contributed by atoms with Gasteiger partial charge in [0.25, 0.3) is 5.56 Å². The van der Waals surface area contributed by atoms with Crippen LogP contribution in [-0.2, 0) is 11.3 Å². The fourth-order valence-corrected chi connectivity index (χ4v) is 1.57. The van der Waals surface area contributed by atoms with Crippen molar-refractivity contribution < 1.29 is 9.53 Å². The van der Waals surface area contributed by atoms with E-state index < -0.39 is 5.41 Å². The maximum atomic E-state index is 12.0. The summed E-state index contributed by atoms with van der Waals surface area (Å²) in [5, 5.41) is 0. The zero-order valence-electron chi connectivity index (χ0n) is 11.5. The molecule has 1 rings (SSSR count). The van der Waals surface area contributed by atoms with E-state index >= 15 is 0 Å². The summed E-state index contributed by atoms with van der Waals surface area (Å²) in [6.45, 7) is 9.09. The molecule has 0 aromatic carbocycles. The topological polar surface area (TPSA) is 48.3 Å². The number of hydrogen-bond acceptors (Lipinski definition) is 3. The molecule has 1 aromatic heterocycles. The molecule has 4 heteroatoms. The molecule has 0 amide bonds. The van der Waals surface area contributed by atoms with Crippen LogP contribution in [-0.4, -0.2) is 23.6 Å². The number of hydrogen-bond donors (Lipinski definition) is 0. The Morgan fingerprint density at radius 1 is 1.39 bits per heavy atom. The van der Waals surface area contributed by atoms with Crippen LogP contribution in [0, 0.1) is 5.41 Å². The van der Waals surface area contributed by atoms with E-state index in [0.717, 1.165) is 0 Å².